The van der Waals surface area contributed by atoms with Gasteiger partial charge >= 0.3 is 0 Å². The maximum atomic E-state index is 13.4. The van der Waals surface area contributed by atoms with Crippen molar-refractivity contribution in [2.75, 3.05) is 34.0 Å². The Bertz CT molecular complexity index is 654. The molecule has 0 rings (SSSR count). The number of carbonyl (C=O) groups excluding carboxylic acids is 3. The highest BCUT2D eigenvalue weighted by Crippen LogP contribution is 2.27. The quantitative estimate of drug-likeness (QED) is 0.151. The fourth-order valence-electron chi connectivity index (χ4n) is 4.06. The van der Waals surface area contributed by atoms with Gasteiger partial charge < -0.3 is 20.1 Å². The third kappa shape index (κ3) is 10.1. The van der Waals surface area contributed by atoms with Crippen LogP contribution in [0.1, 0.15) is 60.8 Å². The third-order valence-electron chi connectivity index (χ3n) is 6.12. The average molecular weight is 486 g/mol. The lowest BCUT2D eigenvalue weighted by atomic mass is 9.80. The molecular formula is C25H47N3O6. The van der Waals surface area contributed by atoms with Crippen molar-refractivity contribution in [2.45, 2.75) is 66.8 Å². The highest BCUT2D eigenvalue weighted by atomic mass is 16.5. The molecule has 198 valence electrons. The van der Waals surface area contributed by atoms with E-state index in [1.807, 2.05) is 41.5 Å². The highest BCUT2D eigenvalue weighted by molar-refractivity contribution is 5.91. The summed E-state index contributed by atoms with van der Waals surface area (Å²) in [6.07, 6.45) is 2.91. The van der Waals surface area contributed by atoms with Crippen LogP contribution in [0.15, 0.2) is 12.7 Å². The molecule has 0 fully saturated rings. The first-order chi connectivity index (χ1) is 15.8. The molecule has 9 heteroatoms. The molecule has 4 N–H and O–H groups in total. The predicted molar refractivity (Wildman–Crippen MR) is 132 cm³/mol. The van der Waals surface area contributed by atoms with E-state index in [-0.39, 0.29) is 23.7 Å². The van der Waals surface area contributed by atoms with Gasteiger partial charge in [-0.05, 0) is 30.6 Å². The van der Waals surface area contributed by atoms with Gasteiger partial charge in [0.1, 0.15) is 6.04 Å². The van der Waals surface area contributed by atoms with Crippen LogP contribution in [-0.2, 0) is 23.9 Å². The first-order valence-electron chi connectivity index (χ1n) is 11.9. The van der Waals surface area contributed by atoms with E-state index in [1.54, 1.807) is 25.8 Å². The number of hydroxylamine groups is 1. The number of rotatable bonds is 16. The minimum absolute atomic E-state index is 0.115. The molecule has 0 saturated carbocycles. The smallest absolute Gasteiger partial charge is 0.247 e. The zero-order chi connectivity index (χ0) is 26.5. The molecule has 0 aliphatic heterocycles. The Hall–Kier alpha value is -1.97. The van der Waals surface area contributed by atoms with Gasteiger partial charge in [0.25, 0.3) is 0 Å². The largest absolute Gasteiger partial charge is 0.384 e. The summed E-state index contributed by atoms with van der Waals surface area (Å²) in [7, 11) is 3.22. The topological polar surface area (TPSA) is 126 Å². The predicted octanol–water partition coefficient (Wildman–Crippen LogP) is 2.68. The van der Waals surface area contributed by atoms with Crippen molar-refractivity contribution in [3.63, 3.8) is 0 Å². The van der Waals surface area contributed by atoms with E-state index >= 15 is 0 Å². The number of nitrogens with one attached hydrogen (secondary N) is 3. The fraction of sp³-hybridized carbons (Fsp3) is 0.800. The van der Waals surface area contributed by atoms with Crippen LogP contribution in [0.5, 0.6) is 0 Å². The molecule has 0 aromatic carbocycles. The van der Waals surface area contributed by atoms with E-state index in [4.69, 9.17) is 9.47 Å². The average Bonchev–Trinajstić information content (AvgIpc) is 2.76. The van der Waals surface area contributed by atoms with E-state index < -0.39 is 35.1 Å². The summed E-state index contributed by atoms with van der Waals surface area (Å²) in [5.74, 6) is -2.80. The lowest BCUT2D eigenvalue weighted by molar-refractivity contribution is -0.142. The van der Waals surface area contributed by atoms with Gasteiger partial charge in [0.05, 0.1) is 25.0 Å². The van der Waals surface area contributed by atoms with Crippen LogP contribution in [0, 0.1) is 28.6 Å². The summed E-state index contributed by atoms with van der Waals surface area (Å²) in [5.41, 5.74) is 0.683. The summed E-state index contributed by atoms with van der Waals surface area (Å²) in [6.45, 7) is 16.4. The number of allylic oxidation sites excluding steroid dienone is 1. The molecule has 0 aromatic rings. The van der Waals surface area contributed by atoms with Gasteiger partial charge in [-0.15, -0.1) is 6.58 Å². The first kappa shape index (κ1) is 32.0. The van der Waals surface area contributed by atoms with Gasteiger partial charge in [0, 0.05) is 26.2 Å². The van der Waals surface area contributed by atoms with Crippen LogP contribution >= 0.6 is 0 Å². The van der Waals surface area contributed by atoms with Crippen LogP contribution < -0.4 is 16.1 Å². The normalized spacial score (nSPS) is 14.8. The fourth-order valence-corrected chi connectivity index (χ4v) is 4.06. The number of carbonyl (C=O) groups is 3. The highest BCUT2D eigenvalue weighted by Gasteiger charge is 2.39. The molecule has 0 aliphatic carbocycles. The zero-order valence-corrected chi connectivity index (χ0v) is 22.3. The van der Waals surface area contributed by atoms with Gasteiger partial charge in [-0.25, -0.2) is 5.48 Å². The van der Waals surface area contributed by atoms with Crippen molar-refractivity contribution >= 4 is 17.7 Å². The maximum Gasteiger partial charge on any atom is 0.247 e. The van der Waals surface area contributed by atoms with Gasteiger partial charge in [0.15, 0.2) is 0 Å². The van der Waals surface area contributed by atoms with Crippen molar-refractivity contribution in [2.24, 2.45) is 28.6 Å². The van der Waals surface area contributed by atoms with E-state index in [0.29, 0.717) is 26.2 Å². The number of ether oxygens (including phenoxy) is 2. The number of hydrogen-bond donors (Lipinski definition) is 4. The first-order valence-corrected chi connectivity index (χ1v) is 11.9. The van der Waals surface area contributed by atoms with Crippen molar-refractivity contribution < 1.29 is 29.1 Å². The number of hydrogen-bond acceptors (Lipinski definition) is 6. The number of methoxy groups -OCH3 is 2. The van der Waals surface area contributed by atoms with Gasteiger partial charge in [-0.2, -0.15) is 0 Å². The summed E-state index contributed by atoms with van der Waals surface area (Å²) < 4.78 is 10.7. The molecule has 3 amide bonds. The Morgan fingerprint density at radius 2 is 1.56 bits per heavy atom. The second-order valence-corrected chi connectivity index (χ2v) is 10.6. The summed E-state index contributed by atoms with van der Waals surface area (Å²) in [4.78, 5) is 39.0. The molecule has 0 bridgehead atoms. The van der Waals surface area contributed by atoms with E-state index in [2.05, 4.69) is 17.2 Å². The van der Waals surface area contributed by atoms with Gasteiger partial charge in [-0.1, -0.05) is 47.6 Å². The summed E-state index contributed by atoms with van der Waals surface area (Å²) in [6, 6.07) is -0.837. The van der Waals surface area contributed by atoms with Gasteiger partial charge in [-0.3, -0.25) is 19.6 Å². The molecule has 0 unspecified atom stereocenters. The van der Waals surface area contributed by atoms with E-state index in [1.165, 1.54) is 0 Å². The van der Waals surface area contributed by atoms with Crippen LogP contribution in [0.25, 0.3) is 0 Å². The second-order valence-electron chi connectivity index (χ2n) is 10.6. The van der Waals surface area contributed by atoms with Crippen molar-refractivity contribution in [3.05, 3.63) is 12.7 Å². The monoisotopic (exact) mass is 485 g/mol. The molecule has 0 aromatic heterocycles. The third-order valence-corrected chi connectivity index (χ3v) is 6.12. The molecule has 0 saturated heterocycles. The molecule has 0 aliphatic rings. The molecule has 0 spiro atoms. The van der Waals surface area contributed by atoms with Crippen LogP contribution in [0.4, 0.5) is 0 Å². The lowest BCUT2D eigenvalue weighted by Crippen LogP contribution is -2.57. The molecule has 3 atom stereocenters. The second kappa shape index (κ2) is 15.1. The van der Waals surface area contributed by atoms with Gasteiger partial charge in [0.2, 0.25) is 17.7 Å². The zero-order valence-electron chi connectivity index (χ0n) is 22.3. The van der Waals surface area contributed by atoms with Crippen LogP contribution in [-0.4, -0.2) is 62.9 Å². The Morgan fingerprint density at radius 1 is 1.00 bits per heavy atom. The molecule has 0 heterocycles. The Kier molecular flexibility index (Phi) is 14.2. The molecule has 0 radical (unpaired) electrons. The van der Waals surface area contributed by atoms with Crippen molar-refractivity contribution in [1.29, 1.82) is 0 Å². The minimum atomic E-state index is -0.837. The van der Waals surface area contributed by atoms with E-state index in [0.717, 1.165) is 6.42 Å². The maximum absolute atomic E-state index is 13.4. The number of amides is 3. The van der Waals surface area contributed by atoms with Crippen LogP contribution in [0.2, 0.25) is 0 Å². The molecular weight excluding hydrogens is 438 g/mol. The van der Waals surface area contributed by atoms with Crippen molar-refractivity contribution in [3.8, 4) is 0 Å². The Balaban J connectivity index is 5.82. The SMILES string of the molecule is C=CC[C@H](C(=O)NO)[C@@H](CC(C)C)C(=O)N[C@H](C(=O)NCC(CC)(COC)COC)C(C)(C)C. The summed E-state index contributed by atoms with van der Waals surface area (Å²) >= 11 is 0. The lowest BCUT2D eigenvalue weighted by Gasteiger charge is -2.36. The standard InChI is InChI=1S/C25H47N3O6/c1-10-12-18(22(30)28-32)19(13-17(3)4)21(29)27-20(24(5,6)7)23(31)26-14-25(11-2,15-33-8)16-34-9/h10,17-20,32H,1,11-16H2,2-9H3,(H,26,31)(H,27,29)(H,28,30)/t18-,19+,20+/m0/s1. The summed E-state index contributed by atoms with van der Waals surface area (Å²) in [5, 5.41) is 15.1. The molecule has 9 nitrogen and oxygen atoms in total. The van der Waals surface area contributed by atoms with E-state index in [9.17, 15) is 19.6 Å². The Labute approximate surface area is 205 Å². The molecule has 34 heavy (non-hydrogen) atoms. The minimum Gasteiger partial charge on any atom is -0.384 e. The van der Waals surface area contributed by atoms with Crippen LogP contribution in [0.3, 0.4) is 0 Å². The Morgan fingerprint density at radius 3 is 1.94 bits per heavy atom. The van der Waals surface area contributed by atoms with Crippen molar-refractivity contribution in [1.82, 2.24) is 16.1 Å².